The zero-order valence-corrected chi connectivity index (χ0v) is 28.3. The van der Waals surface area contributed by atoms with E-state index in [9.17, 15) is 24.0 Å². The molecule has 0 saturated carbocycles. The van der Waals surface area contributed by atoms with Crippen LogP contribution in [-0.2, 0) is 54.1 Å². The van der Waals surface area contributed by atoms with Crippen LogP contribution in [0.3, 0.4) is 0 Å². The first kappa shape index (κ1) is 41.6. The van der Waals surface area contributed by atoms with Crippen LogP contribution in [0.1, 0.15) is 73.8 Å². The van der Waals surface area contributed by atoms with Crippen LogP contribution < -0.4 is 0 Å². The number of hydrogen-bond acceptors (Lipinski definition) is 13. The molecule has 46 heavy (non-hydrogen) atoms. The highest BCUT2D eigenvalue weighted by Crippen LogP contribution is 2.05. The van der Waals surface area contributed by atoms with Crippen molar-refractivity contribution in [1.82, 2.24) is 4.90 Å². The van der Waals surface area contributed by atoms with Gasteiger partial charge in [0.15, 0.2) is 18.3 Å². The van der Waals surface area contributed by atoms with Crippen LogP contribution in [0.15, 0.2) is 35.3 Å². The van der Waals surface area contributed by atoms with Gasteiger partial charge in [0.05, 0.1) is 19.8 Å². The van der Waals surface area contributed by atoms with Gasteiger partial charge in [-0.3, -0.25) is 4.79 Å². The van der Waals surface area contributed by atoms with Crippen LogP contribution in [0.5, 0.6) is 0 Å². The Labute approximate surface area is 271 Å². The summed E-state index contributed by atoms with van der Waals surface area (Å²) in [5.41, 5.74) is 0.846. The molecular formula is C32H50N2O12. The van der Waals surface area contributed by atoms with Gasteiger partial charge in [-0.05, 0) is 53.5 Å². The highest BCUT2D eigenvalue weighted by atomic mass is 16.7. The van der Waals surface area contributed by atoms with Crippen LogP contribution in [0.4, 0.5) is 9.59 Å². The second-order valence-electron chi connectivity index (χ2n) is 9.46. The van der Waals surface area contributed by atoms with E-state index in [0.29, 0.717) is 45.2 Å². The van der Waals surface area contributed by atoms with Gasteiger partial charge < -0.3 is 38.1 Å². The zero-order valence-electron chi connectivity index (χ0n) is 28.3. The zero-order chi connectivity index (χ0) is 34.9. The molecule has 260 valence electrons. The number of esters is 3. The van der Waals surface area contributed by atoms with Gasteiger partial charge in [-0.25, -0.2) is 24.2 Å². The van der Waals surface area contributed by atoms with Crippen LogP contribution in [0.25, 0.3) is 0 Å². The average molecular weight is 655 g/mol. The van der Waals surface area contributed by atoms with Gasteiger partial charge >= 0.3 is 30.2 Å². The molecule has 0 aromatic heterocycles. The van der Waals surface area contributed by atoms with E-state index in [0.717, 1.165) is 12.0 Å². The van der Waals surface area contributed by atoms with Crippen molar-refractivity contribution in [3.63, 3.8) is 0 Å². The Hall–Kier alpha value is -4.36. The Kier molecular flexibility index (Phi) is 22.5. The number of hydrogen-bond donors (Lipinski definition) is 0. The van der Waals surface area contributed by atoms with Crippen molar-refractivity contribution < 1.29 is 57.1 Å². The second-order valence-corrected chi connectivity index (χ2v) is 9.46. The molecule has 1 heterocycles. The highest BCUT2D eigenvalue weighted by molar-refractivity contribution is 5.84. The van der Waals surface area contributed by atoms with Gasteiger partial charge in [-0.2, -0.15) is 0 Å². The van der Waals surface area contributed by atoms with Gasteiger partial charge in [0.25, 0.3) is 0 Å². The fourth-order valence-corrected chi connectivity index (χ4v) is 3.21. The quantitative estimate of drug-likeness (QED) is 0.198. The van der Waals surface area contributed by atoms with Crippen molar-refractivity contribution in [2.75, 3.05) is 39.5 Å². The Balaban J connectivity index is 0.000000673. The summed E-state index contributed by atoms with van der Waals surface area (Å²) in [6.07, 6.45) is -2.38. The van der Waals surface area contributed by atoms with E-state index in [1.165, 1.54) is 18.7 Å². The topological polar surface area (TPSA) is 166 Å². The van der Waals surface area contributed by atoms with Crippen molar-refractivity contribution in [3.05, 3.63) is 35.9 Å². The third kappa shape index (κ3) is 18.4. The molecule has 14 nitrogen and oxygen atoms in total. The first-order valence-electron chi connectivity index (χ1n) is 15.5. The van der Waals surface area contributed by atoms with E-state index < -0.39 is 36.4 Å². The molecule has 1 amide bonds. The first-order valence-corrected chi connectivity index (χ1v) is 15.5. The third-order valence-electron chi connectivity index (χ3n) is 5.72. The molecule has 3 unspecified atom stereocenters. The lowest BCUT2D eigenvalue weighted by Gasteiger charge is -2.20. The van der Waals surface area contributed by atoms with Crippen LogP contribution in [-0.4, -0.2) is 98.7 Å². The predicted octanol–water partition coefficient (Wildman–Crippen LogP) is 4.85. The Morgan fingerprint density at radius 3 is 1.96 bits per heavy atom. The van der Waals surface area contributed by atoms with Crippen LogP contribution in [0, 0.1) is 0 Å². The number of ether oxygens (including phenoxy) is 7. The molecule has 1 aliphatic rings. The summed E-state index contributed by atoms with van der Waals surface area (Å²) in [5.74, 6) is -0.769. The van der Waals surface area contributed by atoms with Crippen molar-refractivity contribution in [2.45, 2.75) is 93.2 Å². The van der Waals surface area contributed by atoms with Crippen molar-refractivity contribution in [2.24, 2.45) is 4.99 Å². The van der Waals surface area contributed by atoms with E-state index in [1.54, 1.807) is 20.8 Å². The van der Waals surface area contributed by atoms with Crippen LogP contribution in [0.2, 0.25) is 0 Å². The first-order chi connectivity index (χ1) is 21.9. The minimum Gasteiger partial charge on any atom is -0.476 e. The third-order valence-corrected chi connectivity index (χ3v) is 5.72. The molecule has 0 aliphatic carbocycles. The molecule has 3 atom stereocenters. The lowest BCUT2D eigenvalue weighted by atomic mass is 10.2. The van der Waals surface area contributed by atoms with Gasteiger partial charge in [0, 0.05) is 19.5 Å². The average Bonchev–Trinajstić information content (AvgIpc) is 3.60. The smallest absolute Gasteiger partial charge is 0.476 e. The van der Waals surface area contributed by atoms with E-state index in [4.69, 9.17) is 33.2 Å². The number of carbonyl (C=O) groups excluding carboxylic acids is 5. The molecule has 0 saturated heterocycles. The Bertz CT molecular complexity index is 1080. The molecule has 1 aliphatic heterocycles. The molecule has 14 heteroatoms. The molecule has 2 rings (SSSR count). The predicted molar refractivity (Wildman–Crippen MR) is 168 cm³/mol. The summed E-state index contributed by atoms with van der Waals surface area (Å²) in [4.78, 5) is 61.7. The maximum Gasteiger partial charge on any atom is 0.509 e. The number of nitrogens with zero attached hydrogens (tertiary/aromatic N) is 2. The maximum absolute atomic E-state index is 11.5. The van der Waals surface area contributed by atoms with Crippen molar-refractivity contribution >= 4 is 36.1 Å². The summed E-state index contributed by atoms with van der Waals surface area (Å²) >= 11 is 0. The standard InChI is InChI=1S/C13H16O5.C11H21NO4.C8H13NO3/c1-3-16-12(14)10(2)18-13(15)17-9-11-7-5-4-6-8-11;1-5-8-15-10(13)9(4)16-11(14)12(6-2)7-3;1-3-7(10)12-6(2)8-9-4-5-11-8/h4-8,10H,3,9H2,1-2H3;9H,5-8H2,1-4H3;6H,3-5H2,1-2H3. The van der Waals surface area contributed by atoms with Gasteiger partial charge in [0.1, 0.15) is 13.2 Å². The lowest BCUT2D eigenvalue weighted by molar-refractivity contribution is -0.154. The molecule has 0 bridgehead atoms. The summed E-state index contributed by atoms with van der Waals surface area (Å²) in [6, 6.07) is 9.19. The molecule has 0 radical (unpaired) electrons. The van der Waals surface area contributed by atoms with E-state index in [1.807, 2.05) is 51.1 Å². The summed E-state index contributed by atoms with van der Waals surface area (Å²) in [6.45, 7) is 16.8. The molecular weight excluding hydrogens is 604 g/mol. The number of carbonyl (C=O) groups is 5. The minimum atomic E-state index is -0.965. The normalized spacial score (nSPS) is 13.3. The van der Waals surface area contributed by atoms with Crippen LogP contribution >= 0.6 is 0 Å². The van der Waals surface area contributed by atoms with Gasteiger partial charge in [-0.15, -0.1) is 0 Å². The number of amides is 1. The van der Waals surface area contributed by atoms with E-state index >= 15 is 0 Å². The molecule has 1 aromatic rings. The number of benzene rings is 1. The van der Waals surface area contributed by atoms with Crippen molar-refractivity contribution in [1.29, 1.82) is 0 Å². The molecule has 1 aromatic carbocycles. The molecule has 0 N–H and O–H groups in total. The monoisotopic (exact) mass is 654 g/mol. The Morgan fingerprint density at radius 1 is 0.826 bits per heavy atom. The van der Waals surface area contributed by atoms with E-state index in [2.05, 4.69) is 4.99 Å². The van der Waals surface area contributed by atoms with E-state index in [-0.39, 0.29) is 25.3 Å². The van der Waals surface area contributed by atoms with Gasteiger partial charge in [-0.1, -0.05) is 44.2 Å². The maximum atomic E-state index is 11.5. The SMILES string of the molecule is CCC(=O)OC(C)C1=NCCO1.CCCOC(=O)C(C)OC(=O)N(CC)CC.CCOC(=O)C(C)OC(=O)OCc1ccccc1. The fourth-order valence-electron chi connectivity index (χ4n) is 3.21. The summed E-state index contributed by atoms with van der Waals surface area (Å²) < 4.78 is 34.3. The Morgan fingerprint density at radius 2 is 1.43 bits per heavy atom. The highest BCUT2D eigenvalue weighted by Gasteiger charge is 2.22. The van der Waals surface area contributed by atoms with Gasteiger partial charge in [0.2, 0.25) is 5.90 Å². The molecule has 0 spiro atoms. The number of aliphatic imine (C=N–C) groups is 1. The second kappa shape index (κ2) is 24.9. The fraction of sp³-hybridized carbons (Fsp3) is 0.625. The lowest BCUT2D eigenvalue weighted by Crippen LogP contribution is -2.36. The summed E-state index contributed by atoms with van der Waals surface area (Å²) in [7, 11) is 0. The van der Waals surface area contributed by atoms with Crippen molar-refractivity contribution in [3.8, 4) is 0 Å². The minimum absolute atomic E-state index is 0.106. The largest absolute Gasteiger partial charge is 0.509 e. The summed E-state index contributed by atoms with van der Waals surface area (Å²) in [5, 5.41) is 0. The number of rotatable bonds is 14. The molecule has 0 fully saturated rings.